The SMILES string of the molecule is O=C(NC(C(=O)O)c1cccs1)c1cccc(Br)n1. The average molecular weight is 341 g/mol. The van der Waals surface area contributed by atoms with Gasteiger partial charge in [-0.2, -0.15) is 0 Å². The van der Waals surface area contributed by atoms with Gasteiger partial charge < -0.3 is 10.4 Å². The van der Waals surface area contributed by atoms with Gasteiger partial charge in [0.15, 0.2) is 6.04 Å². The highest BCUT2D eigenvalue weighted by atomic mass is 79.9. The molecular weight excluding hydrogens is 332 g/mol. The van der Waals surface area contributed by atoms with Crippen LogP contribution in [0.5, 0.6) is 0 Å². The number of carbonyl (C=O) groups is 2. The fraction of sp³-hybridized carbons (Fsp3) is 0.0833. The lowest BCUT2D eigenvalue weighted by Crippen LogP contribution is -2.33. The summed E-state index contributed by atoms with van der Waals surface area (Å²) in [5.74, 6) is -1.63. The number of carboxylic acids is 1. The van der Waals surface area contributed by atoms with E-state index >= 15 is 0 Å². The monoisotopic (exact) mass is 340 g/mol. The van der Waals surface area contributed by atoms with E-state index in [0.29, 0.717) is 9.48 Å². The van der Waals surface area contributed by atoms with Crippen LogP contribution in [0, 0.1) is 0 Å². The number of pyridine rings is 1. The Balaban J connectivity index is 2.19. The van der Waals surface area contributed by atoms with E-state index in [-0.39, 0.29) is 5.69 Å². The van der Waals surface area contributed by atoms with Crippen molar-refractivity contribution < 1.29 is 14.7 Å². The summed E-state index contributed by atoms with van der Waals surface area (Å²) in [4.78, 5) is 27.7. The van der Waals surface area contributed by atoms with E-state index in [1.165, 1.54) is 17.4 Å². The lowest BCUT2D eigenvalue weighted by Gasteiger charge is -2.12. The van der Waals surface area contributed by atoms with Crippen LogP contribution in [0.4, 0.5) is 0 Å². The van der Waals surface area contributed by atoms with Crippen molar-refractivity contribution in [2.45, 2.75) is 6.04 Å². The van der Waals surface area contributed by atoms with Crippen LogP contribution in [0.1, 0.15) is 21.4 Å². The van der Waals surface area contributed by atoms with Crippen LogP contribution >= 0.6 is 27.3 Å². The van der Waals surface area contributed by atoms with E-state index in [4.69, 9.17) is 5.11 Å². The number of halogens is 1. The Morgan fingerprint density at radius 2 is 2.11 bits per heavy atom. The van der Waals surface area contributed by atoms with Gasteiger partial charge >= 0.3 is 5.97 Å². The number of aliphatic carboxylic acids is 1. The first-order valence-corrected chi connectivity index (χ1v) is 6.95. The zero-order valence-corrected chi connectivity index (χ0v) is 11.9. The Kier molecular flexibility index (Phi) is 4.28. The molecule has 2 aromatic rings. The number of carboxylic acid groups (broad SMARTS) is 1. The van der Waals surface area contributed by atoms with E-state index in [1.807, 2.05) is 0 Å². The topological polar surface area (TPSA) is 79.3 Å². The van der Waals surface area contributed by atoms with Crippen molar-refractivity contribution in [3.8, 4) is 0 Å². The number of hydrogen-bond acceptors (Lipinski definition) is 4. The third kappa shape index (κ3) is 3.39. The Bertz CT molecular complexity index is 601. The molecule has 0 bridgehead atoms. The van der Waals surface area contributed by atoms with Gasteiger partial charge in [0.1, 0.15) is 10.3 Å². The van der Waals surface area contributed by atoms with Gasteiger partial charge in [0.2, 0.25) is 0 Å². The van der Waals surface area contributed by atoms with Crippen LogP contribution in [0.15, 0.2) is 40.3 Å². The van der Waals surface area contributed by atoms with E-state index < -0.39 is 17.9 Å². The molecule has 7 heteroatoms. The van der Waals surface area contributed by atoms with Crippen molar-refractivity contribution in [1.29, 1.82) is 0 Å². The molecule has 0 aromatic carbocycles. The van der Waals surface area contributed by atoms with Crippen molar-refractivity contribution in [2.75, 3.05) is 0 Å². The largest absolute Gasteiger partial charge is 0.479 e. The average Bonchev–Trinajstić information content (AvgIpc) is 2.88. The van der Waals surface area contributed by atoms with Crippen molar-refractivity contribution in [1.82, 2.24) is 10.3 Å². The summed E-state index contributed by atoms with van der Waals surface area (Å²) in [6.45, 7) is 0. The van der Waals surface area contributed by atoms with E-state index in [1.54, 1.807) is 29.6 Å². The minimum absolute atomic E-state index is 0.164. The summed E-state index contributed by atoms with van der Waals surface area (Å²) in [5, 5.41) is 13.4. The minimum Gasteiger partial charge on any atom is -0.479 e. The predicted octanol–water partition coefficient (Wildman–Crippen LogP) is 2.46. The molecule has 0 spiro atoms. The Hall–Kier alpha value is -1.73. The number of aromatic nitrogens is 1. The highest BCUT2D eigenvalue weighted by molar-refractivity contribution is 9.10. The fourth-order valence-electron chi connectivity index (χ4n) is 1.45. The molecule has 0 saturated heterocycles. The first-order chi connectivity index (χ1) is 9.08. The lowest BCUT2D eigenvalue weighted by atomic mass is 10.2. The van der Waals surface area contributed by atoms with Gasteiger partial charge in [-0.3, -0.25) is 4.79 Å². The molecule has 2 rings (SSSR count). The maximum absolute atomic E-state index is 12.0. The van der Waals surface area contributed by atoms with Gasteiger partial charge in [0, 0.05) is 4.88 Å². The summed E-state index contributed by atoms with van der Waals surface area (Å²) in [7, 11) is 0. The van der Waals surface area contributed by atoms with Crippen LogP contribution < -0.4 is 5.32 Å². The normalized spacial score (nSPS) is 11.8. The summed E-state index contributed by atoms with van der Waals surface area (Å²) < 4.78 is 0.517. The molecule has 2 N–H and O–H groups in total. The van der Waals surface area contributed by atoms with Crippen LogP contribution in [-0.2, 0) is 4.79 Å². The molecule has 0 radical (unpaired) electrons. The highest BCUT2D eigenvalue weighted by Gasteiger charge is 2.24. The number of thiophene rings is 1. The standard InChI is InChI=1S/C12H9BrN2O3S/c13-9-5-1-3-7(14-9)11(16)15-10(12(17)18)8-4-2-6-19-8/h1-6,10H,(H,15,16)(H,17,18). The van der Waals surface area contributed by atoms with Crippen LogP contribution in [-0.4, -0.2) is 22.0 Å². The molecule has 19 heavy (non-hydrogen) atoms. The smallest absolute Gasteiger partial charge is 0.331 e. The van der Waals surface area contributed by atoms with Gasteiger partial charge in [-0.1, -0.05) is 12.1 Å². The van der Waals surface area contributed by atoms with Crippen LogP contribution in [0.2, 0.25) is 0 Å². The molecule has 2 aromatic heterocycles. The third-order valence-electron chi connectivity index (χ3n) is 2.30. The predicted molar refractivity (Wildman–Crippen MR) is 74.1 cm³/mol. The Morgan fingerprint density at radius 1 is 1.32 bits per heavy atom. The maximum atomic E-state index is 12.0. The van der Waals surface area contributed by atoms with Gasteiger partial charge in [-0.05, 0) is 39.5 Å². The number of nitrogens with zero attached hydrogens (tertiary/aromatic N) is 1. The van der Waals surface area contributed by atoms with Crippen molar-refractivity contribution in [3.63, 3.8) is 0 Å². The summed E-state index contributed by atoms with van der Waals surface area (Å²) in [6, 6.07) is 7.20. The van der Waals surface area contributed by atoms with Crippen LogP contribution in [0.25, 0.3) is 0 Å². The molecule has 1 amide bonds. The van der Waals surface area contributed by atoms with Crippen molar-refractivity contribution in [2.24, 2.45) is 0 Å². The van der Waals surface area contributed by atoms with Crippen LogP contribution in [0.3, 0.4) is 0 Å². The molecule has 0 aliphatic heterocycles. The zero-order valence-electron chi connectivity index (χ0n) is 9.54. The second-order valence-electron chi connectivity index (χ2n) is 3.61. The van der Waals surface area contributed by atoms with E-state index in [2.05, 4.69) is 26.2 Å². The Labute approximate surface area is 121 Å². The molecule has 1 unspecified atom stereocenters. The van der Waals surface area contributed by atoms with Crippen molar-refractivity contribution in [3.05, 3.63) is 50.9 Å². The maximum Gasteiger partial charge on any atom is 0.331 e. The number of carbonyl (C=O) groups excluding carboxylic acids is 1. The highest BCUT2D eigenvalue weighted by Crippen LogP contribution is 2.19. The summed E-state index contributed by atoms with van der Waals surface area (Å²) in [6.07, 6.45) is 0. The molecule has 2 heterocycles. The van der Waals surface area contributed by atoms with Crippen molar-refractivity contribution >= 4 is 39.1 Å². The molecular formula is C12H9BrN2O3S. The van der Waals surface area contributed by atoms with E-state index in [9.17, 15) is 9.59 Å². The second-order valence-corrected chi connectivity index (χ2v) is 5.40. The summed E-state index contributed by atoms with van der Waals surface area (Å²) >= 11 is 4.43. The molecule has 5 nitrogen and oxygen atoms in total. The number of amides is 1. The van der Waals surface area contributed by atoms with Gasteiger partial charge in [-0.25, -0.2) is 9.78 Å². The Morgan fingerprint density at radius 3 is 2.68 bits per heavy atom. The quantitative estimate of drug-likeness (QED) is 0.838. The lowest BCUT2D eigenvalue weighted by molar-refractivity contribution is -0.139. The first kappa shape index (κ1) is 13.7. The number of rotatable bonds is 4. The third-order valence-corrected chi connectivity index (χ3v) is 3.68. The van der Waals surface area contributed by atoms with Gasteiger partial charge in [-0.15, -0.1) is 11.3 Å². The molecule has 0 aliphatic carbocycles. The fourth-order valence-corrected chi connectivity index (χ4v) is 2.56. The number of nitrogens with one attached hydrogen (secondary N) is 1. The second kappa shape index (κ2) is 5.94. The van der Waals surface area contributed by atoms with Gasteiger partial charge in [0.25, 0.3) is 5.91 Å². The molecule has 0 saturated carbocycles. The van der Waals surface area contributed by atoms with E-state index in [0.717, 1.165) is 0 Å². The first-order valence-electron chi connectivity index (χ1n) is 5.27. The molecule has 0 fully saturated rings. The zero-order chi connectivity index (χ0) is 13.8. The minimum atomic E-state index is -1.11. The number of hydrogen-bond donors (Lipinski definition) is 2. The summed E-state index contributed by atoms with van der Waals surface area (Å²) in [5.41, 5.74) is 0.164. The van der Waals surface area contributed by atoms with Gasteiger partial charge in [0.05, 0.1) is 0 Å². The molecule has 1 atom stereocenters. The molecule has 0 aliphatic rings. The molecule has 98 valence electrons.